The van der Waals surface area contributed by atoms with Gasteiger partial charge in [0.1, 0.15) is 56.0 Å². The highest BCUT2D eigenvalue weighted by atomic mass is 79.9. The van der Waals surface area contributed by atoms with Crippen LogP contribution in [0.25, 0.3) is 11.1 Å². The maximum absolute atomic E-state index is 6.32. The van der Waals surface area contributed by atoms with E-state index >= 15 is 0 Å². The Morgan fingerprint density at radius 2 is 0.820 bits per heavy atom. The number of benzene rings is 4. The highest BCUT2D eigenvalue weighted by Gasteiger charge is 2.44. The predicted molar refractivity (Wildman–Crippen MR) is 238 cm³/mol. The van der Waals surface area contributed by atoms with E-state index in [9.17, 15) is 0 Å². The lowest BCUT2D eigenvalue weighted by Crippen LogP contribution is -2.31. The number of hydrogen-bond donors (Lipinski definition) is 0. The summed E-state index contributed by atoms with van der Waals surface area (Å²) in [6.07, 6.45) is 1.26. The molecule has 13 heteroatoms. The molecule has 1 atom stereocenters. The Morgan fingerprint density at radius 3 is 1.23 bits per heavy atom. The smallest absolute Gasteiger partial charge is 0.213 e. The first-order chi connectivity index (χ1) is 29.9. The SMILES string of the molecule is [CH2+]OCCOCCOc1cc(CC2(Cc3cc(OCCOCCOC)cc(OCCOCCOC)c3)c3cc(C)ccc3-c3ccc(Br)cc32)cc(OCCOCCOC)c1. The number of rotatable bonds is 32. The lowest BCUT2D eigenvalue weighted by atomic mass is 9.69. The summed E-state index contributed by atoms with van der Waals surface area (Å²) in [5.74, 6) is 2.76. The molecule has 61 heavy (non-hydrogen) atoms. The molecular formula is C48H62BrO12+. The Hall–Kier alpha value is -3.89. The van der Waals surface area contributed by atoms with Gasteiger partial charge in [-0.1, -0.05) is 45.8 Å². The number of aryl methyl sites for hydroxylation is 1. The van der Waals surface area contributed by atoms with Crippen LogP contribution in [0, 0.1) is 14.0 Å². The first kappa shape index (κ1) is 48.1. The van der Waals surface area contributed by atoms with E-state index in [2.05, 4.69) is 90.6 Å². The Labute approximate surface area is 370 Å². The molecule has 5 rings (SSSR count). The van der Waals surface area contributed by atoms with Crippen LogP contribution in [-0.2, 0) is 56.2 Å². The predicted octanol–water partition coefficient (Wildman–Crippen LogP) is 7.84. The van der Waals surface area contributed by atoms with Crippen LogP contribution in [0.5, 0.6) is 23.0 Å². The van der Waals surface area contributed by atoms with Crippen molar-refractivity contribution in [3.05, 3.63) is 112 Å². The minimum absolute atomic E-state index is 0.355. The van der Waals surface area contributed by atoms with Gasteiger partial charge in [-0.15, -0.1) is 0 Å². The van der Waals surface area contributed by atoms with Crippen molar-refractivity contribution >= 4 is 15.9 Å². The standard InChI is InChI=1S/C48H62BrO12/c1-36-6-8-44-45-9-7-39(49)31-47(45)48(46(44)26-36,34-37-27-40(58-22-18-54-14-10-50-2)32-41(28-37)59-23-19-55-15-11-51-3)35-38-29-42(60-24-20-56-16-12-52-4)33-43(30-38)61-25-21-57-17-13-53-5/h6-9,26-33H,2,10-25,34-35H2,1,3-5H3/q+1. The van der Waals surface area contributed by atoms with Gasteiger partial charge in [0.05, 0.1) is 72.7 Å². The fourth-order valence-electron chi connectivity index (χ4n) is 7.35. The van der Waals surface area contributed by atoms with Crippen molar-refractivity contribution in [2.45, 2.75) is 25.2 Å². The highest BCUT2D eigenvalue weighted by Crippen LogP contribution is 2.54. The van der Waals surface area contributed by atoms with Crippen LogP contribution in [0.1, 0.15) is 27.8 Å². The van der Waals surface area contributed by atoms with Gasteiger partial charge in [0.2, 0.25) is 7.11 Å². The van der Waals surface area contributed by atoms with E-state index < -0.39 is 5.41 Å². The number of halogens is 1. The molecule has 0 bridgehead atoms. The third-order valence-electron chi connectivity index (χ3n) is 10.0. The molecule has 4 aromatic rings. The van der Waals surface area contributed by atoms with Gasteiger partial charge in [-0.05, 0) is 89.5 Å². The van der Waals surface area contributed by atoms with Crippen molar-refractivity contribution in [1.82, 2.24) is 0 Å². The quantitative estimate of drug-likeness (QED) is 0.0352. The zero-order chi connectivity index (χ0) is 43.1. The van der Waals surface area contributed by atoms with Crippen molar-refractivity contribution in [3.8, 4) is 34.1 Å². The molecule has 1 unspecified atom stereocenters. The van der Waals surface area contributed by atoms with E-state index in [1.165, 1.54) is 27.8 Å². The van der Waals surface area contributed by atoms with E-state index in [0.717, 1.165) is 15.6 Å². The van der Waals surface area contributed by atoms with Gasteiger partial charge in [0.25, 0.3) is 0 Å². The van der Waals surface area contributed by atoms with Gasteiger partial charge in [0, 0.05) is 43.3 Å². The van der Waals surface area contributed by atoms with E-state index in [0.29, 0.717) is 142 Å². The van der Waals surface area contributed by atoms with Crippen LogP contribution in [0.2, 0.25) is 0 Å². The second-order valence-electron chi connectivity index (χ2n) is 14.5. The molecule has 4 aromatic carbocycles. The monoisotopic (exact) mass is 909 g/mol. The molecule has 0 fully saturated rings. The maximum atomic E-state index is 6.32. The van der Waals surface area contributed by atoms with Gasteiger partial charge in [-0.2, -0.15) is 4.74 Å². The minimum atomic E-state index is -0.528. The lowest BCUT2D eigenvalue weighted by Gasteiger charge is -2.34. The summed E-state index contributed by atoms with van der Waals surface area (Å²) in [7, 11) is 8.38. The van der Waals surface area contributed by atoms with Crippen LogP contribution in [-0.4, -0.2) is 127 Å². The minimum Gasteiger partial charge on any atom is -0.491 e. The maximum Gasteiger partial charge on any atom is 0.213 e. The molecule has 1 aliphatic carbocycles. The fourth-order valence-corrected chi connectivity index (χ4v) is 7.71. The first-order valence-corrected chi connectivity index (χ1v) is 21.5. The number of methoxy groups -OCH3 is 3. The van der Waals surface area contributed by atoms with Crippen molar-refractivity contribution in [2.24, 2.45) is 0 Å². The molecule has 0 amide bonds. The van der Waals surface area contributed by atoms with E-state index in [1.54, 1.807) is 21.3 Å². The van der Waals surface area contributed by atoms with Gasteiger partial charge >= 0.3 is 0 Å². The van der Waals surface area contributed by atoms with E-state index in [4.69, 9.17) is 56.8 Å². The van der Waals surface area contributed by atoms with Crippen molar-refractivity contribution < 1.29 is 56.8 Å². The summed E-state index contributed by atoms with van der Waals surface area (Å²) < 4.78 is 69.3. The zero-order valence-electron chi connectivity index (χ0n) is 36.1. The van der Waals surface area contributed by atoms with Crippen molar-refractivity contribution in [1.29, 1.82) is 0 Å². The molecule has 0 saturated carbocycles. The lowest BCUT2D eigenvalue weighted by molar-refractivity contribution is 0.0532. The summed E-state index contributed by atoms with van der Waals surface area (Å²) in [6.45, 7) is 9.18. The second kappa shape index (κ2) is 26.6. The largest absolute Gasteiger partial charge is 0.491 e. The molecular weight excluding hydrogens is 848 g/mol. The molecule has 0 heterocycles. The Balaban J connectivity index is 1.54. The average Bonchev–Trinajstić information content (AvgIpc) is 3.49. The molecule has 0 N–H and O–H groups in total. The number of fused-ring (bicyclic) bond motifs is 3. The first-order valence-electron chi connectivity index (χ1n) is 20.7. The number of ether oxygens (including phenoxy) is 12. The molecule has 0 aromatic heterocycles. The molecule has 1 aliphatic rings. The molecule has 12 nitrogen and oxygen atoms in total. The molecule has 0 spiro atoms. The molecule has 332 valence electrons. The summed E-state index contributed by atoms with van der Waals surface area (Å²) in [6, 6.07) is 25.6. The molecule has 0 saturated heterocycles. The van der Waals surface area contributed by atoms with Gasteiger partial charge in [0.15, 0.2) is 0 Å². The molecule has 0 radical (unpaired) electrons. The summed E-state index contributed by atoms with van der Waals surface area (Å²) in [5, 5.41) is 0. The normalized spacial score (nSPS) is 14.2. The topological polar surface area (TPSA) is 111 Å². The zero-order valence-corrected chi connectivity index (χ0v) is 37.7. The van der Waals surface area contributed by atoms with Crippen molar-refractivity contribution in [3.63, 3.8) is 0 Å². The molecule has 0 aliphatic heterocycles. The Morgan fingerprint density at radius 1 is 0.443 bits per heavy atom. The summed E-state index contributed by atoms with van der Waals surface area (Å²) >= 11 is 3.83. The van der Waals surface area contributed by atoms with Crippen LogP contribution >= 0.6 is 15.9 Å². The Kier molecular flexibility index (Phi) is 21.0. The fraction of sp³-hybridized carbons (Fsp3) is 0.479. The van der Waals surface area contributed by atoms with Gasteiger partial charge in [-0.3, -0.25) is 0 Å². The number of hydrogen-bond acceptors (Lipinski definition) is 12. The Bertz CT molecular complexity index is 1680. The van der Waals surface area contributed by atoms with Gasteiger partial charge < -0.3 is 52.1 Å². The third kappa shape index (κ3) is 15.2. The highest BCUT2D eigenvalue weighted by molar-refractivity contribution is 9.10. The van der Waals surface area contributed by atoms with E-state index in [1.807, 2.05) is 12.1 Å². The van der Waals surface area contributed by atoms with Crippen LogP contribution in [0.15, 0.2) is 77.3 Å². The third-order valence-corrected chi connectivity index (χ3v) is 10.5. The van der Waals surface area contributed by atoms with Gasteiger partial charge in [-0.25, -0.2) is 0 Å². The second-order valence-corrected chi connectivity index (χ2v) is 15.4. The summed E-state index contributed by atoms with van der Waals surface area (Å²) in [4.78, 5) is 0. The van der Waals surface area contributed by atoms with E-state index in [-0.39, 0.29) is 0 Å². The van der Waals surface area contributed by atoms with Crippen LogP contribution in [0.4, 0.5) is 0 Å². The van der Waals surface area contributed by atoms with Crippen LogP contribution in [0.3, 0.4) is 0 Å². The average molecular weight is 911 g/mol. The van der Waals surface area contributed by atoms with Crippen LogP contribution < -0.4 is 18.9 Å². The summed E-state index contributed by atoms with van der Waals surface area (Å²) in [5.41, 5.74) is 7.61. The van der Waals surface area contributed by atoms with Crippen molar-refractivity contribution in [2.75, 3.05) is 127 Å².